The molecule has 2 N–H and O–H groups in total. The topological polar surface area (TPSA) is 29.3 Å². The van der Waals surface area contributed by atoms with E-state index in [1.807, 2.05) is 0 Å². The van der Waals surface area contributed by atoms with E-state index in [-0.39, 0.29) is 9.52 Å². The fourth-order valence-electron chi connectivity index (χ4n) is 2.14. The zero-order valence-electron chi connectivity index (χ0n) is 9.52. The number of hydrogen-bond acceptors (Lipinski definition) is 2. The summed E-state index contributed by atoms with van der Waals surface area (Å²) in [5.74, 6) is 0. The predicted molar refractivity (Wildman–Crippen MR) is 74.1 cm³/mol. The SMILES string of the molecule is CC(C)N(c1ccccc1)S1(N)C[SiH2]C1. The summed E-state index contributed by atoms with van der Waals surface area (Å²) in [6.07, 6.45) is 0. The largest absolute Gasteiger partial charge is 0.321 e. The molecule has 0 aromatic heterocycles. The van der Waals surface area contributed by atoms with Gasteiger partial charge in [-0.15, -0.1) is 10.4 Å². The van der Waals surface area contributed by atoms with Crippen molar-refractivity contribution in [3.8, 4) is 0 Å². The van der Waals surface area contributed by atoms with E-state index in [1.54, 1.807) is 0 Å². The third-order valence-corrected chi connectivity index (χ3v) is 12.2. The highest BCUT2D eigenvalue weighted by Crippen LogP contribution is 2.52. The van der Waals surface area contributed by atoms with Gasteiger partial charge in [0.15, 0.2) is 0 Å². The van der Waals surface area contributed by atoms with Crippen LogP contribution in [0.3, 0.4) is 0 Å². The molecule has 1 aliphatic rings. The average Bonchev–Trinajstić information content (AvgIpc) is 2.16. The molecule has 1 saturated heterocycles. The number of para-hydroxylation sites is 1. The first-order chi connectivity index (χ1) is 7.13. The molecule has 15 heavy (non-hydrogen) atoms. The zero-order chi connectivity index (χ0) is 10.9. The molecule has 0 bridgehead atoms. The number of benzene rings is 1. The summed E-state index contributed by atoms with van der Waals surface area (Å²) >= 11 is 0. The summed E-state index contributed by atoms with van der Waals surface area (Å²) in [5, 5.41) is 9.19. The van der Waals surface area contributed by atoms with Crippen LogP contribution >= 0.6 is 10.4 Å². The first-order valence-corrected chi connectivity index (χ1v) is 9.53. The quantitative estimate of drug-likeness (QED) is 0.813. The lowest BCUT2D eigenvalue weighted by atomic mass is 10.3. The smallest absolute Gasteiger partial charge is 0.0468 e. The van der Waals surface area contributed by atoms with Crippen molar-refractivity contribution in [2.75, 3.05) is 15.1 Å². The molecule has 4 heteroatoms. The lowest BCUT2D eigenvalue weighted by Gasteiger charge is -2.55. The van der Waals surface area contributed by atoms with Crippen LogP contribution in [0, 0.1) is 0 Å². The Bertz CT molecular complexity index is 325. The molecule has 0 unspecified atom stereocenters. The van der Waals surface area contributed by atoms with E-state index in [9.17, 15) is 0 Å². The van der Waals surface area contributed by atoms with Gasteiger partial charge in [-0.25, -0.2) is 0 Å². The highest BCUT2D eigenvalue weighted by Gasteiger charge is 2.35. The van der Waals surface area contributed by atoms with Crippen molar-refractivity contribution < 1.29 is 0 Å². The van der Waals surface area contributed by atoms with E-state index < -0.39 is 10.4 Å². The third kappa shape index (κ3) is 2.07. The number of nitrogens with zero attached hydrogens (tertiary/aromatic N) is 1. The van der Waals surface area contributed by atoms with Gasteiger partial charge in [0.1, 0.15) is 0 Å². The summed E-state index contributed by atoms with van der Waals surface area (Å²) in [4.78, 5) is 0. The highest BCUT2D eigenvalue weighted by atomic mass is 32.3. The van der Waals surface area contributed by atoms with E-state index >= 15 is 0 Å². The maximum Gasteiger partial charge on any atom is 0.0468 e. The molecule has 2 rings (SSSR count). The van der Waals surface area contributed by atoms with Crippen LogP contribution in [0.1, 0.15) is 13.8 Å². The Balaban J connectivity index is 2.28. The Morgan fingerprint density at radius 1 is 1.27 bits per heavy atom. The van der Waals surface area contributed by atoms with Crippen molar-refractivity contribution in [1.82, 2.24) is 0 Å². The van der Waals surface area contributed by atoms with Gasteiger partial charge in [-0.3, -0.25) is 5.14 Å². The summed E-state index contributed by atoms with van der Waals surface area (Å²) in [5.41, 5.74) is 1.30. The summed E-state index contributed by atoms with van der Waals surface area (Å²) in [6, 6.07) is 11.1. The van der Waals surface area contributed by atoms with Crippen LogP contribution in [0.5, 0.6) is 0 Å². The van der Waals surface area contributed by atoms with Gasteiger partial charge < -0.3 is 4.31 Å². The van der Waals surface area contributed by atoms with Crippen LogP contribution in [0.15, 0.2) is 30.3 Å². The lowest BCUT2D eigenvalue weighted by Crippen LogP contribution is -2.50. The first kappa shape index (κ1) is 11.0. The molecule has 1 aromatic rings. The summed E-state index contributed by atoms with van der Waals surface area (Å²) in [7, 11) is -0.745. The number of rotatable bonds is 3. The van der Waals surface area contributed by atoms with E-state index in [0.717, 1.165) is 0 Å². The van der Waals surface area contributed by atoms with Gasteiger partial charge in [-0.1, -0.05) is 18.2 Å². The second-order valence-electron chi connectivity index (χ2n) is 4.42. The van der Waals surface area contributed by atoms with Crippen LogP contribution in [0.4, 0.5) is 5.69 Å². The molecule has 0 aliphatic carbocycles. The molecule has 1 aromatic carbocycles. The molecule has 1 fully saturated rings. The Hall–Kier alpha value is -0.453. The van der Waals surface area contributed by atoms with Crippen molar-refractivity contribution in [1.29, 1.82) is 0 Å². The summed E-state index contributed by atoms with van der Waals surface area (Å²) in [6.45, 7) is 4.49. The molecule has 1 aliphatic heterocycles. The number of hydrogen-bond donors (Lipinski definition) is 1. The van der Waals surface area contributed by atoms with E-state index in [4.69, 9.17) is 5.14 Å². The monoisotopic (exact) mass is 240 g/mol. The molecular weight excluding hydrogens is 220 g/mol. The molecule has 1 heterocycles. The van der Waals surface area contributed by atoms with Crippen molar-refractivity contribution in [3.63, 3.8) is 0 Å². The van der Waals surface area contributed by atoms with Crippen LogP contribution < -0.4 is 9.44 Å². The second-order valence-corrected chi connectivity index (χ2v) is 10.6. The van der Waals surface area contributed by atoms with Crippen molar-refractivity contribution >= 4 is 25.6 Å². The summed E-state index contributed by atoms with van der Waals surface area (Å²) < 4.78 is 2.48. The van der Waals surface area contributed by atoms with Gasteiger partial charge in [0.2, 0.25) is 0 Å². The Morgan fingerprint density at radius 2 is 1.87 bits per heavy atom. The van der Waals surface area contributed by atoms with Crippen molar-refractivity contribution in [3.05, 3.63) is 30.3 Å². The van der Waals surface area contributed by atoms with Crippen LogP contribution in [-0.4, -0.2) is 26.3 Å². The molecule has 0 atom stereocenters. The minimum atomic E-state index is -0.937. The van der Waals surface area contributed by atoms with Gasteiger partial charge in [-0.2, -0.15) is 0 Å². The maximum atomic E-state index is 6.52. The maximum absolute atomic E-state index is 6.52. The molecule has 0 radical (unpaired) electrons. The van der Waals surface area contributed by atoms with Crippen molar-refractivity contribution in [2.24, 2.45) is 5.14 Å². The molecule has 0 amide bonds. The average molecular weight is 240 g/mol. The molecular formula is C11H20N2SSi. The van der Waals surface area contributed by atoms with E-state index in [2.05, 4.69) is 48.5 Å². The first-order valence-electron chi connectivity index (χ1n) is 5.54. The van der Waals surface area contributed by atoms with Crippen LogP contribution in [-0.2, 0) is 0 Å². The lowest BCUT2D eigenvalue weighted by molar-refractivity contribution is 0.827. The Kier molecular flexibility index (Phi) is 3.09. The predicted octanol–water partition coefficient (Wildman–Crippen LogP) is 1.59. The van der Waals surface area contributed by atoms with E-state index in [1.165, 1.54) is 16.4 Å². The minimum Gasteiger partial charge on any atom is -0.321 e. The minimum absolute atomic E-state index is 0.192. The Labute approximate surface area is 96.3 Å². The third-order valence-electron chi connectivity index (χ3n) is 2.87. The highest BCUT2D eigenvalue weighted by molar-refractivity contribution is 8.36. The van der Waals surface area contributed by atoms with Gasteiger partial charge in [0, 0.05) is 21.2 Å². The Morgan fingerprint density at radius 3 is 2.27 bits per heavy atom. The van der Waals surface area contributed by atoms with Crippen LogP contribution in [0.25, 0.3) is 0 Å². The normalized spacial score (nSPS) is 30.9. The number of anilines is 1. The molecule has 2 nitrogen and oxygen atoms in total. The van der Waals surface area contributed by atoms with Gasteiger partial charge in [0.05, 0.1) is 0 Å². The second kappa shape index (κ2) is 4.20. The van der Waals surface area contributed by atoms with Crippen LogP contribution in [0.2, 0.25) is 0 Å². The van der Waals surface area contributed by atoms with Crippen molar-refractivity contribution in [2.45, 2.75) is 19.9 Å². The zero-order valence-corrected chi connectivity index (χ0v) is 11.7. The molecule has 0 spiro atoms. The van der Waals surface area contributed by atoms with Gasteiger partial charge >= 0.3 is 0 Å². The fraction of sp³-hybridized carbons (Fsp3) is 0.455. The molecule has 84 valence electrons. The standard InChI is InChI=1S/C11H20N2SSi/c1-10(2)13(14(12)8-15-9-14)11-6-4-3-5-7-11/h3-7,10H,8-9,12,15H2,1-2H3. The van der Waals surface area contributed by atoms with Gasteiger partial charge in [-0.05, 0) is 36.7 Å². The fourth-order valence-corrected chi connectivity index (χ4v) is 8.62. The van der Waals surface area contributed by atoms with Gasteiger partial charge in [0.25, 0.3) is 0 Å². The molecule has 0 saturated carbocycles. The van der Waals surface area contributed by atoms with E-state index in [0.29, 0.717) is 6.04 Å². The number of nitrogens with two attached hydrogens (primary N) is 1.